The average molecular weight is 233 g/mol. The number of carbonyl (C=O) groups is 4. The van der Waals surface area contributed by atoms with Crippen molar-refractivity contribution in [3.05, 3.63) is 0 Å². The summed E-state index contributed by atoms with van der Waals surface area (Å²) in [5.41, 5.74) is 5.12. The molecule has 0 radical (unpaired) electrons. The highest BCUT2D eigenvalue weighted by Crippen LogP contribution is 1.80. The van der Waals surface area contributed by atoms with Crippen LogP contribution in [-0.2, 0) is 19.2 Å². The summed E-state index contributed by atoms with van der Waals surface area (Å²) >= 11 is 0. The van der Waals surface area contributed by atoms with Gasteiger partial charge in [0.05, 0.1) is 0 Å². The second-order valence-corrected chi connectivity index (χ2v) is 2.70. The molecule has 9 nitrogen and oxygen atoms in total. The van der Waals surface area contributed by atoms with Crippen LogP contribution < -0.4 is 16.4 Å². The quantitative estimate of drug-likeness (QED) is 0.300. The normalized spacial score (nSPS) is 9.62. The van der Waals surface area contributed by atoms with Crippen LogP contribution in [0.3, 0.4) is 0 Å². The van der Waals surface area contributed by atoms with Gasteiger partial charge in [-0.05, 0) is 0 Å². The first kappa shape index (κ1) is 13.8. The average Bonchev–Trinajstić information content (AvgIpc) is 2.21. The number of hydrogen-bond acceptors (Lipinski definition) is 5. The lowest BCUT2D eigenvalue weighted by Crippen LogP contribution is -2.52. The largest absolute Gasteiger partial charge is 0.480 e. The lowest BCUT2D eigenvalue weighted by Gasteiger charge is -2.10. The fourth-order valence-electron chi connectivity index (χ4n) is 0.664. The molecule has 0 rings (SSSR count). The molecule has 0 fully saturated rings. The molecule has 0 heterocycles. The summed E-state index contributed by atoms with van der Waals surface area (Å²) in [6.45, 7) is -1.34. The molecule has 0 aromatic carbocycles. The summed E-state index contributed by atoms with van der Waals surface area (Å²) in [6, 6.07) is -1.64. The Labute approximate surface area is 89.6 Å². The Morgan fingerprint density at radius 3 is 1.50 bits per heavy atom. The lowest BCUT2D eigenvalue weighted by molar-refractivity contribution is -0.140. The van der Waals surface area contributed by atoms with Crippen molar-refractivity contribution in [2.24, 2.45) is 5.73 Å². The number of carboxylic acid groups (broad SMARTS) is 2. The minimum Gasteiger partial charge on any atom is -0.480 e. The molecule has 9 heteroatoms. The molecule has 0 aliphatic heterocycles. The molecule has 16 heavy (non-hydrogen) atoms. The fraction of sp³-hybridized carbons (Fsp3) is 0.429. The van der Waals surface area contributed by atoms with Crippen molar-refractivity contribution >= 4 is 23.8 Å². The Kier molecular flexibility index (Phi) is 5.49. The molecule has 90 valence electrons. The summed E-state index contributed by atoms with van der Waals surface area (Å²) in [6.07, 6.45) is 0. The van der Waals surface area contributed by atoms with E-state index in [-0.39, 0.29) is 0 Å². The molecule has 0 spiro atoms. The molecule has 0 bridgehead atoms. The molecule has 6 N–H and O–H groups in total. The van der Waals surface area contributed by atoms with Crippen molar-refractivity contribution in [1.29, 1.82) is 0 Å². The van der Waals surface area contributed by atoms with Crippen LogP contribution in [0.5, 0.6) is 0 Å². The van der Waals surface area contributed by atoms with Gasteiger partial charge in [0.2, 0.25) is 11.8 Å². The van der Waals surface area contributed by atoms with Gasteiger partial charge < -0.3 is 26.6 Å². The van der Waals surface area contributed by atoms with Crippen molar-refractivity contribution in [2.45, 2.75) is 6.04 Å². The topological polar surface area (TPSA) is 159 Å². The van der Waals surface area contributed by atoms with Crippen molar-refractivity contribution in [3.63, 3.8) is 0 Å². The Morgan fingerprint density at radius 1 is 0.938 bits per heavy atom. The maximum absolute atomic E-state index is 11.0. The van der Waals surface area contributed by atoms with E-state index in [2.05, 4.69) is 0 Å². The van der Waals surface area contributed by atoms with Gasteiger partial charge in [-0.1, -0.05) is 0 Å². The van der Waals surface area contributed by atoms with E-state index in [0.717, 1.165) is 0 Å². The molecule has 0 saturated carbocycles. The second-order valence-electron chi connectivity index (χ2n) is 2.70. The van der Waals surface area contributed by atoms with E-state index in [1.807, 2.05) is 10.6 Å². The highest BCUT2D eigenvalue weighted by atomic mass is 16.4. The van der Waals surface area contributed by atoms with E-state index < -0.39 is 42.9 Å². The Bertz CT molecular complexity index is 285. The standard InChI is InChI=1S/C7H11N3O6/c8-5(6(15)9-1-3(11)12)7(16)10-2-4(13)14/h5H,1-2,8H2,(H,9,15)(H,10,16)(H,11,12)(H,13,14). The van der Waals surface area contributed by atoms with Crippen LogP contribution >= 0.6 is 0 Å². The molecule has 0 aromatic heterocycles. The molecule has 0 saturated heterocycles. The van der Waals surface area contributed by atoms with Crippen molar-refractivity contribution in [2.75, 3.05) is 13.1 Å². The van der Waals surface area contributed by atoms with Crippen LogP contribution in [0.2, 0.25) is 0 Å². The number of rotatable bonds is 6. The summed E-state index contributed by atoms with van der Waals surface area (Å²) in [7, 11) is 0. The van der Waals surface area contributed by atoms with Crippen molar-refractivity contribution < 1.29 is 29.4 Å². The SMILES string of the molecule is NC(C(=O)NCC(=O)O)C(=O)NCC(=O)O. The number of carboxylic acids is 2. The van der Waals surface area contributed by atoms with Gasteiger partial charge in [0, 0.05) is 0 Å². The summed E-state index contributed by atoms with van der Waals surface area (Å²) in [4.78, 5) is 42.2. The smallest absolute Gasteiger partial charge is 0.322 e. The molecule has 2 amide bonds. The van der Waals surface area contributed by atoms with E-state index >= 15 is 0 Å². The first-order valence-corrected chi connectivity index (χ1v) is 4.09. The summed E-state index contributed by atoms with van der Waals surface area (Å²) < 4.78 is 0. The third-order valence-electron chi connectivity index (χ3n) is 1.39. The van der Waals surface area contributed by atoms with Gasteiger partial charge >= 0.3 is 11.9 Å². The van der Waals surface area contributed by atoms with E-state index in [1.165, 1.54) is 0 Å². The van der Waals surface area contributed by atoms with Crippen LogP contribution in [0.25, 0.3) is 0 Å². The molecule has 0 aliphatic carbocycles. The van der Waals surface area contributed by atoms with E-state index in [4.69, 9.17) is 15.9 Å². The number of aliphatic carboxylic acids is 2. The van der Waals surface area contributed by atoms with Gasteiger partial charge in [-0.25, -0.2) is 0 Å². The van der Waals surface area contributed by atoms with E-state index in [9.17, 15) is 19.2 Å². The number of nitrogens with two attached hydrogens (primary N) is 1. The summed E-state index contributed by atoms with van der Waals surface area (Å²) in [5.74, 6) is -4.56. The van der Waals surface area contributed by atoms with Gasteiger partial charge in [0.1, 0.15) is 13.1 Å². The lowest BCUT2D eigenvalue weighted by atomic mass is 10.2. The van der Waals surface area contributed by atoms with Gasteiger partial charge in [-0.15, -0.1) is 0 Å². The number of nitrogens with one attached hydrogen (secondary N) is 2. The van der Waals surface area contributed by atoms with Gasteiger partial charge in [-0.2, -0.15) is 0 Å². The van der Waals surface area contributed by atoms with Crippen LogP contribution in [0.15, 0.2) is 0 Å². The Morgan fingerprint density at radius 2 is 1.25 bits per heavy atom. The minimum absolute atomic E-state index is 0.668. The highest BCUT2D eigenvalue weighted by Gasteiger charge is 2.22. The maximum Gasteiger partial charge on any atom is 0.322 e. The Hall–Kier alpha value is -2.16. The van der Waals surface area contributed by atoms with Crippen LogP contribution in [0.4, 0.5) is 0 Å². The molecule has 0 atom stereocenters. The minimum atomic E-state index is -1.64. The van der Waals surface area contributed by atoms with Crippen LogP contribution in [0.1, 0.15) is 0 Å². The van der Waals surface area contributed by atoms with Crippen molar-refractivity contribution in [1.82, 2.24) is 10.6 Å². The molecule has 0 aliphatic rings. The summed E-state index contributed by atoms with van der Waals surface area (Å²) in [5, 5.41) is 20.2. The maximum atomic E-state index is 11.0. The first-order valence-electron chi connectivity index (χ1n) is 4.09. The van der Waals surface area contributed by atoms with Crippen LogP contribution in [-0.4, -0.2) is 53.1 Å². The third kappa shape index (κ3) is 5.54. The van der Waals surface area contributed by atoms with E-state index in [1.54, 1.807) is 0 Å². The second kappa shape index (κ2) is 6.35. The fourth-order valence-corrected chi connectivity index (χ4v) is 0.664. The molecule has 0 aromatic rings. The number of carbonyl (C=O) groups excluding carboxylic acids is 2. The first-order chi connectivity index (χ1) is 7.34. The van der Waals surface area contributed by atoms with Crippen LogP contribution in [0, 0.1) is 0 Å². The van der Waals surface area contributed by atoms with Gasteiger partial charge in [0.15, 0.2) is 6.04 Å². The zero-order chi connectivity index (χ0) is 12.7. The third-order valence-corrected chi connectivity index (χ3v) is 1.39. The monoisotopic (exact) mass is 233 g/mol. The molecular formula is C7H11N3O6. The van der Waals surface area contributed by atoms with Crippen molar-refractivity contribution in [3.8, 4) is 0 Å². The number of amides is 2. The van der Waals surface area contributed by atoms with Gasteiger partial charge in [-0.3, -0.25) is 19.2 Å². The predicted molar refractivity (Wildman–Crippen MR) is 49.3 cm³/mol. The van der Waals surface area contributed by atoms with E-state index in [0.29, 0.717) is 0 Å². The zero-order valence-corrected chi connectivity index (χ0v) is 8.10. The Balaban J connectivity index is 4.06. The molecule has 0 unspecified atom stereocenters. The zero-order valence-electron chi connectivity index (χ0n) is 8.10. The highest BCUT2D eigenvalue weighted by molar-refractivity contribution is 6.05. The number of hydrogen-bond donors (Lipinski definition) is 5. The van der Waals surface area contributed by atoms with Gasteiger partial charge in [0.25, 0.3) is 0 Å². The predicted octanol–water partition coefficient (Wildman–Crippen LogP) is -3.28. The molecular weight excluding hydrogens is 222 g/mol.